The Morgan fingerprint density at radius 1 is 0.882 bits per heavy atom. The highest BCUT2D eigenvalue weighted by Gasteiger charge is 2.42. The molecule has 0 bridgehead atoms. The number of nitrogens with zero attached hydrogens (tertiary/aromatic N) is 3. The number of thiocarbonyl (C=S) groups is 1. The molecule has 34 heavy (non-hydrogen) atoms. The van der Waals surface area contributed by atoms with Crippen LogP contribution in [0, 0.1) is 27.7 Å². The van der Waals surface area contributed by atoms with E-state index < -0.39 is 0 Å². The van der Waals surface area contributed by atoms with Crippen LogP contribution in [-0.4, -0.2) is 14.7 Å². The largest absolute Gasteiger partial charge is 0.351 e. The lowest BCUT2D eigenvalue weighted by atomic mass is 9.96. The summed E-state index contributed by atoms with van der Waals surface area (Å²) >= 11 is 9.55. The maximum absolute atomic E-state index is 5.92. The fraction of sp³-hybridized carbons (Fsp3) is 0.214. The summed E-state index contributed by atoms with van der Waals surface area (Å²) in [6.07, 6.45) is 1.85. The molecular weight excluding hydrogens is 504 g/mol. The number of aryl methyl sites for hydroxylation is 3. The third kappa shape index (κ3) is 3.95. The van der Waals surface area contributed by atoms with E-state index >= 15 is 0 Å². The predicted octanol–water partition coefficient (Wildman–Crippen LogP) is 7.05. The molecule has 1 aliphatic rings. The summed E-state index contributed by atoms with van der Waals surface area (Å²) in [6.45, 7) is 8.64. The number of halogens is 1. The van der Waals surface area contributed by atoms with Gasteiger partial charge in [0, 0.05) is 33.4 Å². The van der Waals surface area contributed by atoms with Gasteiger partial charge in [-0.2, -0.15) is 0 Å². The first-order valence-corrected chi connectivity index (χ1v) is 12.6. The molecule has 1 aliphatic heterocycles. The van der Waals surface area contributed by atoms with Gasteiger partial charge in [0.15, 0.2) is 5.11 Å². The molecule has 3 heterocycles. The van der Waals surface area contributed by atoms with E-state index in [-0.39, 0.29) is 12.1 Å². The molecule has 1 fully saturated rings. The monoisotopic (exact) mass is 530 g/mol. The highest BCUT2D eigenvalue weighted by atomic mass is 79.9. The Morgan fingerprint density at radius 2 is 1.71 bits per heavy atom. The molecule has 2 aromatic carbocycles. The molecule has 0 radical (unpaired) electrons. The molecule has 1 N–H and O–H groups in total. The maximum Gasteiger partial charge on any atom is 0.174 e. The minimum Gasteiger partial charge on any atom is -0.351 e. The van der Waals surface area contributed by atoms with Crippen molar-refractivity contribution in [2.24, 2.45) is 0 Å². The van der Waals surface area contributed by atoms with Crippen LogP contribution < -0.4 is 10.2 Å². The Balaban J connectivity index is 1.69. The van der Waals surface area contributed by atoms with Gasteiger partial charge in [-0.15, -0.1) is 0 Å². The van der Waals surface area contributed by atoms with Crippen LogP contribution in [0.1, 0.15) is 45.9 Å². The second-order valence-corrected chi connectivity index (χ2v) is 10.2. The van der Waals surface area contributed by atoms with Gasteiger partial charge in [-0.1, -0.05) is 34.1 Å². The fourth-order valence-corrected chi connectivity index (χ4v) is 5.66. The van der Waals surface area contributed by atoms with Crippen molar-refractivity contribution < 1.29 is 0 Å². The topological polar surface area (TPSA) is 33.1 Å². The van der Waals surface area contributed by atoms with Gasteiger partial charge in [0.2, 0.25) is 0 Å². The first-order chi connectivity index (χ1) is 16.3. The van der Waals surface area contributed by atoms with Gasteiger partial charge in [-0.25, -0.2) is 0 Å². The Morgan fingerprint density at radius 3 is 2.41 bits per heavy atom. The van der Waals surface area contributed by atoms with Crippen LogP contribution in [-0.2, 0) is 0 Å². The molecule has 2 aromatic heterocycles. The molecule has 172 valence electrons. The van der Waals surface area contributed by atoms with E-state index in [2.05, 4.69) is 113 Å². The van der Waals surface area contributed by atoms with Crippen LogP contribution in [0.4, 0.5) is 5.69 Å². The van der Waals surface area contributed by atoms with Gasteiger partial charge < -0.3 is 14.8 Å². The smallest absolute Gasteiger partial charge is 0.174 e. The van der Waals surface area contributed by atoms with E-state index in [9.17, 15) is 0 Å². The van der Waals surface area contributed by atoms with E-state index in [1.54, 1.807) is 0 Å². The van der Waals surface area contributed by atoms with Crippen molar-refractivity contribution in [1.29, 1.82) is 0 Å². The number of nitrogens with one attached hydrogen (secondary N) is 1. The van der Waals surface area contributed by atoms with E-state index in [1.165, 1.54) is 28.1 Å². The standard InChI is InChI=1S/C28H27BrN4S/c1-17-11-12-23(14-18(17)2)33-27(26(31-28(33)34)25-10-5-6-13-30-25)24-15-19(3)32(20(24)4)22-9-7-8-21(29)16-22/h5-16,26-27H,1-4H3,(H,31,34). The van der Waals surface area contributed by atoms with Crippen molar-refractivity contribution in [2.45, 2.75) is 39.8 Å². The van der Waals surface area contributed by atoms with Crippen LogP contribution in [0.3, 0.4) is 0 Å². The summed E-state index contributed by atoms with van der Waals surface area (Å²) in [6, 6.07) is 23.2. The zero-order chi connectivity index (χ0) is 24.0. The van der Waals surface area contributed by atoms with Crippen LogP contribution in [0.25, 0.3) is 5.69 Å². The molecule has 4 aromatic rings. The van der Waals surface area contributed by atoms with E-state index in [4.69, 9.17) is 17.2 Å². The van der Waals surface area contributed by atoms with Gasteiger partial charge >= 0.3 is 0 Å². The van der Waals surface area contributed by atoms with Crippen molar-refractivity contribution in [1.82, 2.24) is 14.9 Å². The SMILES string of the molecule is Cc1ccc(N2C(=S)NC(c3ccccn3)C2c2cc(C)n(-c3cccc(Br)c3)c2C)cc1C. The van der Waals surface area contributed by atoms with Crippen LogP contribution in [0.15, 0.2) is 77.4 Å². The van der Waals surface area contributed by atoms with E-state index in [0.717, 1.165) is 26.7 Å². The zero-order valence-electron chi connectivity index (χ0n) is 19.7. The van der Waals surface area contributed by atoms with E-state index in [0.29, 0.717) is 0 Å². The Bertz CT molecular complexity index is 1380. The molecule has 1 saturated heterocycles. The molecule has 0 aliphatic carbocycles. The molecular formula is C28H27BrN4S. The number of anilines is 1. The molecule has 4 nitrogen and oxygen atoms in total. The summed E-state index contributed by atoms with van der Waals surface area (Å²) in [5, 5.41) is 4.30. The Labute approximate surface area is 214 Å². The lowest BCUT2D eigenvalue weighted by Crippen LogP contribution is -2.29. The van der Waals surface area contributed by atoms with Crippen LogP contribution in [0.5, 0.6) is 0 Å². The van der Waals surface area contributed by atoms with Crippen LogP contribution >= 0.6 is 28.1 Å². The summed E-state index contributed by atoms with van der Waals surface area (Å²) in [7, 11) is 0. The number of pyridine rings is 1. The first kappa shape index (κ1) is 22.8. The minimum atomic E-state index is -0.0632. The number of aromatic nitrogens is 2. The normalized spacial score (nSPS) is 17.8. The lowest BCUT2D eigenvalue weighted by molar-refractivity contribution is 0.565. The van der Waals surface area contributed by atoms with Gasteiger partial charge in [0.1, 0.15) is 0 Å². The predicted molar refractivity (Wildman–Crippen MR) is 147 cm³/mol. The number of hydrogen-bond acceptors (Lipinski definition) is 2. The van der Waals surface area contributed by atoms with Crippen molar-refractivity contribution in [3.05, 3.63) is 111 Å². The first-order valence-electron chi connectivity index (χ1n) is 11.4. The van der Waals surface area contributed by atoms with Crippen molar-refractivity contribution in [2.75, 3.05) is 4.90 Å². The van der Waals surface area contributed by atoms with Crippen LogP contribution in [0.2, 0.25) is 0 Å². The Hall–Kier alpha value is -2.96. The second-order valence-electron chi connectivity index (χ2n) is 8.91. The number of hydrogen-bond donors (Lipinski definition) is 1. The van der Waals surface area contributed by atoms with Gasteiger partial charge in [0.05, 0.1) is 17.8 Å². The number of rotatable bonds is 4. The van der Waals surface area contributed by atoms with Gasteiger partial charge in [-0.3, -0.25) is 4.98 Å². The number of benzene rings is 2. The summed E-state index contributed by atoms with van der Waals surface area (Å²) < 4.78 is 3.38. The highest BCUT2D eigenvalue weighted by Crippen LogP contribution is 2.44. The maximum atomic E-state index is 5.92. The quantitative estimate of drug-likeness (QED) is 0.286. The minimum absolute atomic E-state index is 0.0309. The lowest BCUT2D eigenvalue weighted by Gasteiger charge is -2.28. The molecule has 0 spiro atoms. The molecule has 6 heteroatoms. The van der Waals surface area contributed by atoms with E-state index in [1.807, 2.05) is 18.3 Å². The third-order valence-electron chi connectivity index (χ3n) is 6.72. The molecule has 0 saturated carbocycles. The second kappa shape index (κ2) is 9.01. The molecule has 2 atom stereocenters. The zero-order valence-corrected chi connectivity index (χ0v) is 22.1. The van der Waals surface area contributed by atoms with Gasteiger partial charge in [0.25, 0.3) is 0 Å². The summed E-state index contributed by atoms with van der Waals surface area (Å²) in [5.41, 5.74) is 9.34. The average Bonchev–Trinajstić information content (AvgIpc) is 3.31. The average molecular weight is 532 g/mol. The van der Waals surface area contributed by atoms with Crippen molar-refractivity contribution >= 4 is 38.9 Å². The van der Waals surface area contributed by atoms with Gasteiger partial charge in [-0.05, 0) is 105 Å². The van der Waals surface area contributed by atoms with Crippen molar-refractivity contribution in [3.63, 3.8) is 0 Å². The fourth-order valence-electron chi connectivity index (χ4n) is 4.92. The van der Waals surface area contributed by atoms with Crippen molar-refractivity contribution in [3.8, 4) is 5.69 Å². The molecule has 0 amide bonds. The summed E-state index contributed by atoms with van der Waals surface area (Å²) in [5.74, 6) is 0. The summed E-state index contributed by atoms with van der Waals surface area (Å²) in [4.78, 5) is 6.96. The Kier molecular flexibility index (Phi) is 6.04. The third-order valence-corrected chi connectivity index (χ3v) is 7.53. The highest BCUT2D eigenvalue weighted by molar-refractivity contribution is 9.10. The molecule has 5 rings (SSSR count). The molecule has 2 unspecified atom stereocenters.